The van der Waals surface area contributed by atoms with E-state index in [9.17, 15) is 27.8 Å². The number of carbonyl (C=O) groups excluding carboxylic acids is 1. The van der Waals surface area contributed by atoms with Crippen LogP contribution in [0.3, 0.4) is 0 Å². The highest BCUT2D eigenvalue weighted by Gasteiger charge is 2.37. The van der Waals surface area contributed by atoms with Crippen LogP contribution in [0.4, 0.5) is 4.39 Å². The molecule has 1 amide bonds. The number of guanidine groups is 1. The van der Waals surface area contributed by atoms with Crippen LogP contribution in [0.5, 0.6) is 11.5 Å². The molecule has 2 atom stereocenters. The number of nitrogens with zero attached hydrogens (tertiary/aromatic N) is 4. The second-order valence-electron chi connectivity index (χ2n) is 10.9. The molecule has 2 saturated heterocycles. The Bertz CT molecular complexity index is 1430. The minimum Gasteiger partial charge on any atom is -0.508 e. The number of hydrogen-bond donors (Lipinski definition) is 4. The molecule has 1 aromatic heterocycles. The standard InChI is InChI=1S/C27H35FN6O5S/c1-30-40(38,39)32-27(29)34-7-4-16(15-34)10-23(37)33-8-5-17(6-9-33)25-24-18(12-21(35)13-22(24)36)2-3-19-11-20(28)14-31-26(19)25/h11-14,16-17,25,30,35-36H,2-10,15H2,1H3,(H2,29,32). The van der Waals surface area contributed by atoms with E-state index in [1.165, 1.54) is 25.4 Å². The predicted molar refractivity (Wildman–Crippen MR) is 146 cm³/mol. The molecule has 11 nitrogen and oxygen atoms in total. The Morgan fingerprint density at radius 1 is 1.12 bits per heavy atom. The third-order valence-electron chi connectivity index (χ3n) is 8.37. The summed E-state index contributed by atoms with van der Waals surface area (Å²) >= 11 is 0. The Morgan fingerprint density at radius 2 is 1.82 bits per heavy atom. The van der Waals surface area contributed by atoms with Gasteiger partial charge in [-0.2, -0.15) is 13.1 Å². The summed E-state index contributed by atoms with van der Waals surface area (Å²) in [6, 6.07) is 4.52. The normalized spacial score (nSPS) is 22.1. The van der Waals surface area contributed by atoms with Crippen LogP contribution < -0.4 is 10.5 Å². The lowest BCUT2D eigenvalue weighted by molar-refractivity contribution is -0.133. The molecule has 5 N–H and O–H groups in total. The van der Waals surface area contributed by atoms with Crippen LogP contribution in [0.25, 0.3) is 0 Å². The molecule has 0 radical (unpaired) electrons. The number of benzene rings is 1. The second-order valence-corrected chi connectivity index (χ2v) is 12.4. The van der Waals surface area contributed by atoms with Crippen LogP contribution in [0.1, 0.15) is 54.0 Å². The first-order valence-corrected chi connectivity index (χ1v) is 15.0. The van der Waals surface area contributed by atoms with Crippen molar-refractivity contribution >= 4 is 22.1 Å². The first-order valence-electron chi connectivity index (χ1n) is 13.5. The van der Waals surface area contributed by atoms with Gasteiger partial charge in [-0.3, -0.25) is 9.78 Å². The molecule has 3 aliphatic rings. The van der Waals surface area contributed by atoms with Gasteiger partial charge in [0.25, 0.3) is 0 Å². The zero-order valence-electron chi connectivity index (χ0n) is 22.4. The molecule has 40 heavy (non-hydrogen) atoms. The van der Waals surface area contributed by atoms with Crippen LogP contribution >= 0.6 is 0 Å². The number of rotatable bonds is 5. The molecular formula is C27H35FN6O5S. The lowest BCUT2D eigenvalue weighted by Gasteiger charge is -2.37. The maximum Gasteiger partial charge on any atom is 0.322 e. The molecule has 2 fully saturated rings. The van der Waals surface area contributed by atoms with Gasteiger partial charge in [0.05, 0.1) is 11.9 Å². The van der Waals surface area contributed by atoms with E-state index >= 15 is 0 Å². The number of phenols is 2. The molecule has 13 heteroatoms. The quantitative estimate of drug-likeness (QED) is 0.309. The fourth-order valence-corrected chi connectivity index (χ4v) is 6.83. The van der Waals surface area contributed by atoms with Gasteiger partial charge >= 0.3 is 10.2 Å². The summed E-state index contributed by atoms with van der Waals surface area (Å²) in [4.78, 5) is 21.2. The molecule has 0 saturated carbocycles. The average Bonchev–Trinajstić information content (AvgIpc) is 3.32. The van der Waals surface area contributed by atoms with Gasteiger partial charge in [0.1, 0.15) is 17.3 Å². The Kier molecular flexibility index (Phi) is 7.87. The molecule has 216 valence electrons. The number of piperidine rings is 1. The maximum atomic E-state index is 14.1. The lowest BCUT2D eigenvalue weighted by atomic mass is 9.76. The van der Waals surface area contributed by atoms with E-state index < -0.39 is 16.0 Å². The van der Waals surface area contributed by atoms with Gasteiger partial charge in [0.15, 0.2) is 0 Å². The van der Waals surface area contributed by atoms with E-state index in [0.29, 0.717) is 64.7 Å². The number of halogens is 1. The van der Waals surface area contributed by atoms with Gasteiger partial charge in [0.2, 0.25) is 11.9 Å². The molecule has 1 aliphatic carbocycles. The molecule has 2 unspecified atom stereocenters. The summed E-state index contributed by atoms with van der Waals surface area (Å²) in [7, 11) is -2.57. The van der Waals surface area contributed by atoms with Gasteiger partial charge in [-0.15, -0.1) is 4.40 Å². The topological polar surface area (TPSA) is 161 Å². The highest BCUT2D eigenvalue weighted by Crippen LogP contribution is 2.46. The van der Waals surface area contributed by atoms with E-state index in [1.54, 1.807) is 11.0 Å². The minimum absolute atomic E-state index is 0.00796. The number of fused-ring (bicyclic) bond motifs is 2. The Hall–Kier alpha value is -3.45. The van der Waals surface area contributed by atoms with Crippen LogP contribution in [0, 0.1) is 17.7 Å². The van der Waals surface area contributed by atoms with E-state index in [2.05, 4.69) is 14.1 Å². The molecule has 3 heterocycles. The Balaban J connectivity index is 1.27. The van der Waals surface area contributed by atoms with Crippen molar-refractivity contribution in [1.29, 1.82) is 0 Å². The largest absolute Gasteiger partial charge is 0.508 e. The number of aromatic nitrogens is 1. The predicted octanol–water partition coefficient (Wildman–Crippen LogP) is 1.59. The van der Waals surface area contributed by atoms with Gasteiger partial charge in [-0.25, -0.2) is 4.39 Å². The summed E-state index contributed by atoms with van der Waals surface area (Å²) in [6.07, 6.45) is 4.74. The minimum atomic E-state index is -3.83. The number of nitrogens with one attached hydrogen (secondary N) is 1. The van der Waals surface area contributed by atoms with E-state index in [1.807, 2.05) is 4.90 Å². The number of amides is 1. The summed E-state index contributed by atoms with van der Waals surface area (Å²) in [6.45, 7) is 2.08. The number of aryl methyl sites for hydroxylation is 2. The SMILES string of the molecule is CNS(=O)(=O)/N=C(\N)N1CCC(CC(=O)N2CCC(C3c4ncc(F)cc4CCc4cc(O)cc(O)c43)CC2)C1. The fourth-order valence-electron chi connectivity index (χ4n) is 6.38. The van der Waals surface area contributed by atoms with Crippen LogP contribution in [0.15, 0.2) is 28.8 Å². The summed E-state index contributed by atoms with van der Waals surface area (Å²) in [5.74, 6) is -0.613. The van der Waals surface area contributed by atoms with Crippen LogP contribution in [-0.2, 0) is 27.8 Å². The van der Waals surface area contributed by atoms with Gasteiger partial charge < -0.3 is 25.7 Å². The summed E-state index contributed by atoms with van der Waals surface area (Å²) in [5, 5.41) is 21.0. The first kappa shape index (κ1) is 28.1. The van der Waals surface area contributed by atoms with Gasteiger partial charge in [-0.1, -0.05) is 0 Å². The molecule has 2 aromatic rings. The summed E-state index contributed by atoms with van der Waals surface area (Å²) < 4.78 is 43.1. The van der Waals surface area contributed by atoms with Gasteiger partial charge in [0, 0.05) is 57.2 Å². The van der Waals surface area contributed by atoms with Crippen molar-refractivity contribution in [2.24, 2.45) is 22.0 Å². The number of hydrogen-bond acceptors (Lipinski definition) is 6. The second kappa shape index (κ2) is 11.2. The van der Waals surface area contributed by atoms with Gasteiger partial charge in [-0.05, 0) is 67.2 Å². The fraction of sp³-hybridized carbons (Fsp3) is 0.519. The van der Waals surface area contributed by atoms with Crippen molar-refractivity contribution in [2.45, 2.75) is 44.4 Å². The van der Waals surface area contributed by atoms with Crippen molar-refractivity contribution < 1.29 is 27.8 Å². The van der Waals surface area contributed by atoms with Crippen molar-refractivity contribution in [2.75, 3.05) is 33.2 Å². The molecule has 5 rings (SSSR count). The summed E-state index contributed by atoms with van der Waals surface area (Å²) in [5.41, 5.74) is 8.98. The number of nitrogens with two attached hydrogens (primary N) is 1. The molecule has 0 bridgehead atoms. The highest BCUT2D eigenvalue weighted by atomic mass is 32.2. The maximum absolute atomic E-state index is 14.1. The number of likely N-dealkylation sites (tertiary alicyclic amines) is 2. The third kappa shape index (κ3) is 5.85. The van der Waals surface area contributed by atoms with E-state index in [-0.39, 0.29) is 41.1 Å². The van der Waals surface area contributed by atoms with Crippen molar-refractivity contribution in [3.63, 3.8) is 0 Å². The smallest absolute Gasteiger partial charge is 0.322 e. The number of aromatic hydroxyl groups is 2. The van der Waals surface area contributed by atoms with E-state index in [0.717, 1.165) is 22.4 Å². The van der Waals surface area contributed by atoms with Crippen LogP contribution in [-0.4, -0.2) is 78.5 Å². The first-order chi connectivity index (χ1) is 19.0. The Labute approximate surface area is 233 Å². The van der Waals surface area contributed by atoms with Crippen LogP contribution in [0.2, 0.25) is 0 Å². The van der Waals surface area contributed by atoms with Crippen molar-refractivity contribution in [1.82, 2.24) is 19.5 Å². The third-order valence-corrected chi connectivity index (χ3v) is 9.32. The Morgan fingerprint density at radius 3 is 2.55 bits per heavy atom. The van der Waals surface area contributed by atoms with Crippen molar-refractivity contribution in [3.8, 4) is 11.5 Å². The number of pyridine rings is 1. The van der Waals surface area contributed by atoms with Crippen molar-refractivity contribution in [3.05, 3.63) is 52.6 Å². The highest BCUT2D eigenvalue weighted by molar-refractivity contribution is 7.88. The average molecular weight is 575 g/mol. The molecule has 1 aromatic carbocycles. The molecule has 0 spiro atoms. The number of phenolic OH excluding ortho intramolecular Hbond substituents is 2. The molecule has 2 aliphatic heterocycles. The zero-order chi connectivity index (χ0) is 28.6. The van der Waals surface area contributed by atoms with E-state index in [4.69, 9.17) is 5.73 Å². The molecular weight excluding hydrogens is 539 g/mol. The zero-order valence-corrected chi connectivity index (χ0v) is 23.2. The number of carbonyl (C=O) groups is 1. The monoisotopic (exact) mass is 574 g/mol. The lowest BCUT2D eigenvalue weighted by Crippen LogP contribution is -2.41.